The van der Waals surface area contributed by atoms with Gasteiger partial charge in [0.05, 0.1) is 23.5 Å². The van der Waals surface area contributed by atoms with Crippen LogP contribution in [-0.4, -0.2) is 33.5 Å². The molecule has 1 heterocycles. The minimum absolute atomic E-state index is 0.287. The van der Waals surface area contributed by atoms with E-state index in [9.17, 15) is 20.0 Å². The van der Waals surface area contributed by atoms with Gasteiger partial charge in [-0.3, -0.25) is 4.79 Å². The largest absolute Gasteiger partial charge is 0.530 e. The first-order valence-electron chi connectivity index (χ1n) is 10.1. The summed E-state index contributed by atoms with van der Waals surface area (Å²) in [5.74, 6) is 0.311. The number of allylic oxidation sites excluding steroid dienone is 1. The van der Waals surface area contributed by atoms with Gasteiger partial charge in [0.25, 0.3) is 0 Å². The van der Waals surface area contributed by atoms with E-state index in [1.807, 2.05) is 0 Å². The quantitative estimate of drug-likeness (QED) is 0.704. The summed E-state index contributed by atoms with van der Waals surface area (Å²) in [6.45, 7) is 12.5. The standard InChI is InChI=1S/C24H28N4O4/c1-7-20(28(23(30)31)24(4,5)6)22(29)27-17-9-11-21(26-14-17)32-18-10-8-16(13-25)19(12-18)15(2)3/h8-12,14,20H,2,7H2,1,3-6H3,(H,27,29)(H,30,31)/p-1/t20-/m1/s1. The Morgan fingerprint density at radius 1 is 1.31 bits per heavy atom. The zero-order chi connectivity index (χ0) is 24.1. The Labute approximate surface area is 188 Å². The molecule has 0 saturated heterocycles. The Morgan fingerprint density at radius 2 is 2.00 bits per heavy atom. The first kappa shape index (κ1) is 24.4. The Morgan fingerprint density at radius 3 is 2.47 bits per heavy atom. The van der Waals surface area contributed by atoms with E-state index < -0.39 is 23.6 Å². The summed E-state index contributed by atoms with van der Waals surface area (Å²) < 4.78 is 5.74. The highest BCUT2D eigenvalue weighted by atomic mass is 16.5. The molecule has 168 valence electrons. The summed E-state index contributed by atoms with van der Waals surface area (Å²) >= 11 is 0. The molecule has 0 saturated carbocycles. The second kappa shape index (κ2) is 9.96. The summed E-state index contributed by atoms with van der Waals surface area (Å²) in [5, 5.41) is 23.5. The van der Waals surface area contributed by atoms with E-state index in [0.717, 1.165) is 10.5 Å². The zero-order valence-electron chi connectivity index (χ0n) is 18.9. The molecule has 0 aliphatic heterocycles. The summed E-state index contributed by atoms with van der Waals surface area (Å²) in [7, 11) is 0. The van der Waals surface area contributed by atoms with E-state index in [1.54, 1.807) is 65.0 Å². The van der Waals surface area contributed by atoms with Gasteiger partial charge in [-0.15, -0.1) is 0 Å². The molecule has 1 atom stereocenters. The van der Waals surface area contributed by atoms with Crippen molar-refractivity contribution >= 4 is 23.3 Å². The number of nitrogens with one attached hydrogen (secondary N) is 1. The van der Waals surface area contributed by atoms with Crippen LogP contribution < -0.4 is 15.2 Å². The molecular weight excluding hydrogens is 408 g/mol. The van der Waals surface area contributed by atoms with Crippen LogP contribution in [0.5, 0.6) is 11.6 Å². The second-order valence-electron chi connectivity index (χ2n) is 8.31. The van der Waals surface area contributed by atoms with Gasteiger partial charge >= 0.3 is 0 Å². The number of nitrogens with zero attached hydrogens (tertiary/aromatic N) is 3. The normalized spacial score (nSPS) is 11.8. The Balaban J connectivity index is 2.15. The van der Waals surface area contributed by atoms with Gasteiger partial charge in [-0.1, -0.05) is 13.5 Å². The van der Waals surface area contributed by atoms with Gasteiger partial charge in [-0.05, 0) is 69.5 Å². The number of aromatic nitrogens is 1. The highest BCUT2D eigenvalue weighted by Crippen LogP contribution is 2.27. The Kier molecular flexibility index (Phi) is 7.60. The number of rotatable bonds is 7. The fraction of sp³-hybridized carbons (Fsp3) is 0.333. The lowest BCUT2D eigenvalue weighted by molar-refractivity contribution is -0.273. The molecule has 1 aromatic carbocycles. The van der Waals surface area contributed by atoms with Gasteiger partial charge < -0.3 is 24.9 Å². The SMILES string of the molecule is C=C(C)c1cc(Oc2ccc(NC(=O)[C@@H](CC)N(C(=O)[O-])C(C)(C)C)cn2)ccc1C#N. The van der Waals surface area contributed by atoms with E-state index in [-0.39, 0.29) is 6.42 Å². The molecule has 0 fully saturated rings. The fourth-order valence-corrected chi connectivity index (χ4v) is 3.25. The first-order chi connectivity index (χ1) is 15.0. The van der Waals surface area contributed by atoms with Crippen molar-refractivity contribution in [2.24, 2.45) is 0 Å². The maximum absolute atomic E-state index is 12.7. The highest BCUT2D eigenvalue weighted by molar-refractivity contribution is 5.96. The van der Waals surface area contributed by atoms with Crippen molar-refractivity contribution in [3.63, 3.8) is 0 Å². The number of hydrogen-bond donors (Lipinski definition) is 1. The van der Waals surface area contributed by atoms with Crippen LogP contribution in [-0.2, 0) is 4.79 Å². The third-order valence-corrected chi connectivity index (χ3v) is 4.72. The first-order valence-corrected chi connectivity index (χ1v) is 10.1. The van der Waals surface area contributed by atoms with Crippen LogP contribution in [0.3, 0.4) is 0 Å². The molecule has 2 aromatic rings. The summed E-state index contributed by atoms with van der Waals surface area (Å²) in [5.41, 5.74) is 1.54. The topological polar surface area (TPSA) is 118 Å². The minimum atomic E-state index is -1.40. The van der Waals surface area contributed by atoms with Gasteiger partial charge in [0.2, 0.25) is 11.8 Å². The van der Waals surface area contributed by atoms with E-state index in [4.69, 9.17) is 4.74 Å². The van der Waals surface area contributed by atoms with Crippen molar-refractivity contribution in [1.29, 1.82) is 5.26 Å². The molecule has 0 radical (unpaired) electrons. The van der Waals surface area contributed by atoms with Crippen molar-refractivity contribution < 1.29 is 19.4 Å². The van der Waals surface area contributed by atoms with Crippen molar-refractivity contribution in [1.82, 2.24) is 9.88 Å². The lowest BCUT2D eigenvalue weighted by atomic mass is 10.0. The van der Waals surface area contributed by atoms with Crippen LogP contribution in [0.15, 0.2) is 43.1 Å². The lowest BCUT2D eigenvalue weighted by Gasteiger charge is -2.42. The molecule has 8 heteroatoms. The molecule has 32 heavy (non-hydrogen) atoms. The van der Waals surface area contributed by atoms with Gasteiger partial charge in [-0.25, -0.2) is 4.98 Å². The van der Waals surface area contributed by atoms with Crippen molar-refractivity contribution in [2.45, 2.75) is 52.6 Å². The van der Waals surface area contributed by atoms with Crippen LogP contribution in [0.2, 0.25) is 0 Å². The van der Waals surface area contributed by atoms with Crippen LogP contribution in [0.4, 0.5) is 10.5 Å². The summed E-state index contributed by atoms with van der Waals surface area (Å²) in [6, 6.07) is 9.42. The minimum Gasteiger partial charge on any atom is -0.530 e. The lowest BCUT2D eigenvalue weighted by Crippen LogP contribution is -2.59. The maximum Gasteiger partial charge on any atom is 0.247 e. The third-order valence-electron chi connectivity index (χ3n) is 4.72. The smallest absolute Gasteiger partial charge is 0.247 e. The van der Waals surface area contributed by atoms with E-state index >= 15 is 0 Å². The second-order valence-corrected chi connectivity index (χ2v) is 8.31. The number of anilines is 1. The molecule has 0 aliphatic rings. The number of carboxylic acid groups (broad SMARTS) is 1. The number of amides is 2. The molecule has 0 unspecified atom stereocenters. The monoisotopic (exact) mass is 435 g/mol. The van der Waals surface area contributed by atoms with Crippen LogP contribution in [0.25, 0.3) is 5.57 Å². The van der Waals surface area contributed by atoms with Gasteiger partial charge in [0.15, 0.2) is 0 Å². The number of nitriles is 1. The number of ether oxygens (including phenoxy) is 1. The molecule has 1 N–H and O–H groups in total. The molecule has 8 nitrogen and oxygen atoms in total. The molecule has 0 aliphatic carbocycles. The predicted octanol–water partition coefficient (Wildman–Crippen LogP) is 3.94. The predicted molar refractivity (Wildman–Crippen MR) is 120 cm³/mol. The zero-order valence-corrected chi connectivity index (χ0v) is 18.9. The Bertz CT molecular complexity index is 1050. The maximum atomic E-state index is 12.7. The number of hydrogen-bond acceptors (Lipinski definition) is 6. The molecule has 2 amide bonds. The van der Waals surface area contributed by atoms with Gasteiger partial charge in [-0.2, -0.15) is 5.26 Å². The van der Waals surface area contributed by atoms with Crippen molar-refractivity contribution in [3.8, 4) is 17.7 Å². The van der Waals surface area contributed by atoms with Crippen LogP contribution in [0, 0.1) is 11.3 Å². The fourth-order valence-electron chi connectivity index (χ4n) is 3.25. The molecule has 0 spiro atoms. The Hall–Kier alpha value is -3.86. The third kappa shape index (κ3) is 5.85. The van der Waals surface area contributed by atoms with Crippen LogP contribution >= 0.6 is 0 Å². The van der Waals surface area contributed by atoms with E-state index in [2.05, 4.69) is 22.9 Å². The van der Waals surface area contributed by atoms with Gasteiger partial charge in [0.1, 0.15) is 17.9 Å². The summed E-state index contributed by atoms with van der Waals surface area (Å²) in [6.07, 6.45) is 0.303. The molecular formula is C24H27N4O4-. The number of benzene rings is 1. The summed E-state index contributed by atoms with van der Waals surface area (Å²) in [4.78, 5) is 29.6. The average Bonchev–Trinajstić information content (AvgIpc) is 2.71. The van der Waals surface area contributed by atoms with Crippen LogP contribution in [0.1, 0.15) is 52.2 Å². The number of carbonyl (C=O) groups excluding carboxylic acids is 2. The highest BCUT2D eigenvalue weighted by Gasteiger charge is 2.32. The molecule has 0 bridgehead atoms. The van der Waals surface area contributed by atoms with Gasteiger partial charge in [0, 0.05) is 11.6 Å². The number of pyridine rings is 1. The van der Waals surface area contributed by atoms with E-state index in [0.29, 0.717) is 28.4 Å². The average molecular weight is 436 g/mol. The van der Waals surface area contributed by atoms with E-state index in [1.165, 1.54) is 6.20 Å². The van der Waals surface area contributed by atoms with Crippen molar-refractivity contribution in [2.75, 3.05) is 5.32 Å². The van der Waals surface area contributed by atoms with Crippen molar-refractivity contribution in [3.05, 3.63) is 54.2 Å². The molecule has 1 aromatic heterocycles. The molecule has 2 rings (SSSR count). The number of carbonyl (C=O) groups is 2.